The molecule has 2 heterocycles. The predicted octanol–water partition coefficient (Wildman–Crippen LogP) is 0.628. The molecule has 0 aliphatic carbocycles. The Morgan fingerprint density at radius 1 is 1.59 bits per heavy atom. The minimum atomic E-state index is -0.0323. The molecule has 0 bridgehead atoms. The molecule has 0 spiro atoms. The van der Waals surface area contributed by atoms with Gasteiger partial charge in [-0.3, -0.25) is 4.79 Å². The molecule has 17 heavy (non-hydrogen) atoms. The molecule has 0 aliphatic rings. The van der Waals surface area contributed by atoms with E-state index in [2.05, 4.69) is 25.8 Å². The number of carbonyl (C=O) groups excluding carboxylic acids is 1. The minimum Gasteiger partial charge on any atom is -0.302 e. The highest BCUT2D eigenvalue weighted by Crippen LogP contribution is 2.11. The van der Waals surface area contributed by atoms with Crippen LogP contribution in [0.25, 0.3) is 0 Å². The van der Waals surface area contributed by atoms with E-state index in [0.717, 1.165) is 5.82 Å². The van der Waals surface area contributed by atoms with Crippen LogP contribution in [0.3, 0.4) is 0 Å². The monoisotopic (exact) mass is 252 g/mol. The van der Waals surface area contributed by atoms with Crippen molar-refractivity contribution in [2.45, 2.75) is 19.3 Å². The SMILES string of the molecule is Cn1nnnc1CCCC(=O)Nc1nccs1. The molecule has 0 saturated heterocycles. The lowest BCUT2D eigenvalue weighted by molar-refractivity contribution is -0.116. The summed E-state index contributed by atoms with van der Waals surface area (Å²) in [5.74, 6) is 0.752. The van der Waals surface area contributed by atoms with Crippen molar-refractivity contribution >= 4 is 22.4 Å². The first-order chi connectivity index (χ1) is 8.25. The van der Waals surface area contributed by atoms with Crippen molar-refractivity contribution in [1.82, 2.24) is 25.2 Å². The number of aromatic nitrogens is 5. The first-order valence-corrected chi connectivity index (χ1v) is 6.04. The van der Waals surface area contributed by atoms with Gasteiger partial charge in [0.25, 0.3) is 0 Å². The third kappa shape index (κ3) is 3.31. The summed E-state index contributed by atoms with van der Waals surface area (Å²) in [5.41, 5.74) is 0. The van der Waals surface area contributed by atoms with Crippen LogP contribution in [0.15, 0.2) is 11.6 Å². The van der Waals surface area contributed by atoms with Crippen LogP contribution in [0.4, 0.5) is 5.13 Å². The number of hydrogen-bond donors (Lipinski definition) is 1. The molecule has 2 aromatic rings. The van der Waals surface area contributed by atoms with Gasteiger partial charge in [0, 0.05) is 31.5 Å². The summed E-state index contributed by atoms with van der Waals surface area (Å²) in [6.45, 7) is 0. The maximum absolute atomic E-state index is 11.5. The molecule has 1 amide bonds. The molecule has 2 aromatic heterocycles. The van der Waals surface area contributed by atoms with Crippen molar-refractivity contribution in [2.24, 2.45) is 7.05 Å². The molecule has 90 valence electrons. The van der Waals surface area contributed by atoms with Crippen molar-refractivity contribution < 1.29 is 4.79 Å². The highest BCUT2D eigenvalue weighted by molar-refractivity contribution is 7.13. The molecule has 0 aromatic carbocycles. The summed E-state index contributed by atoms with van der Waals surface area (Å²) in [6.07, 6.45) is 3.50. The lowest BCUT2D eigenvalue weighted by Gasteiger charge is -2.01. The van der Waals surface area contributed by atoms with Gasteiger partial charge in [-0.05, 0) is 16.8 Å². The number of thiazole rings is 1. The fourth-order valence-electron chi connectivity index (χ4n) is 1.33. The lowest BCUT2D eigenvalue weighted by atomic mass is 10.2. The molecule has 0 aliphatic heterocycles. The molecule has 2 rings (SSSR count). The van der Waals surface area contributed by atoms with E-state index in [0.29, 0.717) is 24.4 Å². The van der Waals surface area contributed by atoms with E-state index in [4.69, 9.17) is 0 Å². The Bertz CT molecular complexity index is 479. The molecular formula is C9H12N6OS. The molecule has 0 atom stereocenters. The smallest absolute Gasteiger partial charge is 0.226 e. The molecule has 0 radical (unpaired) electrons. The van der Waals surface area contributed by atoms with E-state index >= 15 is 0 Å². The number of hydrogen-bond acceptors (Lipinski definition) is 6. The number of nitrogens with zero attached hydrogens (tertiary/aromatic N) is 5. The summed E-state index contributed by atoms with van der Waals surface area (Å²) in [5, 5.41) is 16.3. The fourth-order valence-corrected chi connectivity index (χ4v) is 1.88. The first-order valence-electron chi connectivity index (χ1n) is 5.16. The zero-order valence-corrected chi connectivity index (χ0v) is 10.1. The summed E-state index contributed by atoms with van der Waals surface area (Å²) in [4.78, 5) is 15.5. The second kappa shape index (κ2) is 5.48. The molecule has 7 nitrogen and oxygen atoms in total. The van der Waals surface area contributed by atoms with E-state index in [9.17, 15) is 4.79 Å². The van der Waals surface area contributed by atoms with Gasteiger partial charge in [0.1, 0.15) is 0 Å². The summed E-state index contributed by atoms with van der Waals surface area (Å²) < 4.78 is 1.61. The van der Waals surface area contributed by atoms with Crippen molar-refractivity contribution in [3.8, 4) is 0 Å². The molecule has 1 N–H and O–H groups in total. The third-order valence-corrected chi connectivity index (χ3v) is 2.88. The van der Waals surface area contributed by atoms with Gasteiger partial charge in [-0.25, -0.2) is 9.67 Å². The first kappa shape index (κ1) is 11.6. The molecule has 0 unspecified atom stereocenters. The Labute approximate surface area is 102 Å². The highest BCUT2D eigenvalue weighted by Gasteiger charge is 2.06. The molecule has 0 fully saturated rings. The predicted molar refractivity (Wildman–Crippen MR) is 62.5 cm³/mol. The van der Waals surface area contributed by atoms with Crippen LogP contribution in [-0.2, 0) is 18.3 Å². The van der Waals surface area contributed by atoms with E-state index in [1.165, 1.54) is 11.3 Å². The van der Waals surface area contributed by atoms with E-state index in [1.807, 2.05) is 5.38 Å². The Hall–Kier alpha value is -1.83. The van der Waals surface area contributed by atoms with E-state index < -0.39 is 0 Å². The maximum atomic E-state index is 11.5. The zero-order valence-electron chi connectivity index (χ0n) is 9.33. The third-order valence-electron chi connectivity index (χ3n) is 2.19. The number of anilines is 1. The highest BCUT2D eigenvalue weighted by atomic mass is 32.1. The van der Waals surface area contributed by atoms with Gasteiger partial charge in [0.05, 0.1) is 0 Å². The van der Waals surface area contributed by atoms with Crippen molar-refractivity contribution in [3.05, 3.63) is 17.4 Å². The average molecular weight is 252 g/mol. The van der Waals surface area contributed by atoms with Crippen LogP contribution in [-0.4, -0.2) is 31.1 Å². The Morgan fingerprint density at radius 2 is 2.47 bits per heavy atom. The summed E-state index contributed by atoms with van der Waals surface area (Å²) in [7, 11) is 1.78. The van der Waals surface area contributed by atoms with Crippen molar-refractivity contribution in [2.75, 3.05) is 5.32 Å². The normalized spacial score (nSPS) is 10.4. The van der Waals surface area contributed by atoms with Gasteiger partial charge in [0.2, 0.25) is 5.91 Å². The number of amides is 1. The maximum Gasteiger partial charge on any atom is 0.226 e. The van der Waals surface area contributed by atoms with Crippen molar-refractivity contribution in [3.63, 3.8) is 0 Å². The largest absolute Gasteiger partial charge is 0.302 e. The van der Waals surface area contributed by atoms with Crippen LogP contribution in [0.2, 0.25) is 0 Å². The van der Waals surface area contributed by atoms with Crippen molar-refractivity contribution in [1.29, 1.82) is 0 Å². The molecule has 8 heteroatoms. The van der Waals surface area contributed by atoms with Gasteiger partial charge >= 0.3 is 0 Å². The second-order valence-electron chi connectivity index (χ2n) is 3.46. The quantitative estimate of drug-likeness (QED) is 0.843. The van der Waals surface area contributed by atoms with Gasteiger partial charge in [-0.2, -0.15) is 0 Å². The Morgan fingerprint density at radius 3 is 3.12 bits per heavy atom. The standard InChI is InChI=1S/C9H12N6OS/c1-15-7(12-13-14-15)3-2-4-8(16)11-9-10-5-6-17-9/h5-6H,2-4H2,1H3,(H,10,11,16). The molecular weight excluding hydrogens is 240 g/mol. The van der Waals surface area contributed by atoms with Gasteiger partial charge in [0.15, 0.2) is 11.0 Å². The zero-order chi connectivity index (χ0) is 12.1. The van der Waals surface area contributed by atoms with Crippen LogP contribution in [0.1, 0.15) is 18.7 Å². The second-order valence-corrected chi connectivity index (χ2v) is 4.35. The van der Waals surface area contributed by atoms with Gasteiger partial charge < -0.3 is 5.32 Å². The number of tetrazole rings is 1. The average Bonchev–Trinajstić information content (AvgIpc) is 2.91. The van der Waals surface area contributed by atoms with Crippen LogP contribution in [0, 0.1) is 0 Å². The van der Waals surface area contributed by atoms with E-state index in [-0.39, 0.29) is 5.91 Å². The Balaban J connectivity index is 1.72. The number of rotatable bonds is 5. The number of aryl methyl sites for hydroxylation is 2. The topological polar surface area (TPSA) is 85.6 Å². The summed E-state index contributed by atoms with van der Waals surface area (Å²) in [6, 6.07) is 0. The fraction of sp³-hybridized carbons (Fsp3) is 0.444. The molecule has 0 saturated carbocycles. The van der Waals surface area contributed by atoms with Crippen LogP contribution >= 0.6 is 11.3 Å². The van der Waals surface area contributed by atoms with Gasteiger partial charge in [-0.1, -0.05) is 0 Å². The number of nitrogens with one attached hydrogen (secondary N) is 1. The number of carbonyl (C=O) groups is 1. The van der Waals surface area contributed by atoms with E-state index in [1.54, 1.807) is 17.9 Å². The minimum absolute atomic E-state index is 0.0323. The summed E-state index contributed by atoms with van der Waals surface area (Å²) >= 11 is 1.41. The Kier molecular flexibility index (Phi) is 3.76. The van der Waals surface area contributed by atoms with Gasteiger partial charge in [-0.15, -0.1) is 16.4 Å². The van der Waals surface area contributed by atoms with Crippen LogP contribution < -0.4 is 5.32 Å². The van der Waals surface area contributed by atoms with Crippen LogP contribution in [0.5, 0.6) is 0 Å². The lowest BCUT2D eigenvalue weighted by Crippen LogP contribution is -2.11.